The van der Waals surface area contributed by atoms with Crippen molar-refractivity contribution in [3.63, 3.8) is 0 Å². The predicted octanol–water partition coefficient (Wildman–Crippen LogP) is 2.98. The van der Waals surface area contributed by atoms with Crippen LogP contribution in [0.3, 0.4) is 0 Å². The van der Waals surface area contributed by atoms with Gasteiger partial charge in [-0.05, 0) is 39.0 Å². The second-order valence-corrected chi connectivity index (χ2v) is 7.84. The minimum absolute atomic E-state index is 0.138. The summed E-state index contributed by atoms with van der Waals surface area (Å²) >= 11 is 7.40. The third-order valence-electron chi connectivity index (χ3n) is 3.84. The van der Waals surface area contributed by atoms with Gasteiger partial charge in [-0.25, -0.2) is 20.3 Å². The van der Waals surface area contributed by atoms with Crippen molar-refractivity contribution in [3.05, 3.63) is 58.9 Å². The highest BCUT2D eigenvalue weighted by atomic mass is 35.5. The van der Waals surface area contributed by atoms with Crippen LogP contribution in [0, 0.1) is 0 Å². The van der Waals surface area contributed by atoms with Crippen molar-refractivity contribution in [2.75, 3.05) is 11.8 Å². The Hall–Kier alpha value is -2.73. The van der Waals surface area contributed by atoms with Gasteiger partial charge in [0, 0.05) is 37.0 Å². The fourth-order valence-electron chi connectivity index (χ4n) is 2.34. The molecule has 0 aliphatic heterocycles. The van der Waals surface area contributed by atoms with Gasteiger partial charge >= 0.3 is 6.09 Å². The molecule has 0 aliphatic carbocycles. The molecule has 7 N–H and O–H groups in total. The zero-order valence-electron chi connectivity index (χ0n) is 17.7. The number of amides is 1. The number of nitrogens with zero attached hydrogens (tertiary/aromatic N) is 3. The number of nitrogens with one attached hydrogen (secondary N) is 3. The van der Waals surface area contributed by atoms with Crippen molar-refractivity contribution in [1.29, 1.82) is 0 Å². The fourth-order valence-corrected chi connectivity index (χ4v) is 3.14. The van der Waals surface area contributed by atoms with Crippen LogP contribution in [0.1, 0.15) is 38.1 Å². The topological polar surface area (TPSA) is 143 Å². The maximum absolute atomic E-state index is 12.4. The first-order valence-corrected chi connectivity index (χ1v) is 10.6. The van der Waals surface area contributed by atoms with Crippen LogP contribution >= 0.6 is 23.7 Å². The van der Waals surface area contributed by atoms with Gasteiger partial charge in [-0.15, -0.1) is 0 Å². The lowest BCUT2D eigenvalue weighted by Crippen LogP contribution is -2.39. The summed E-state index contributed by atoms with van der Waals surface area (Å²) in [6.07, 6.45) is 1.79. The number of pyridine rings is 2. The lowest BCUT2D eigenvalue weighted by molar-refractivity contribution is 0.107. The molecule has 10 nitrogen and oxygen atoms in total. The molecule has 12 heteroatoms. The van der Waals surface area contributed by atoms with E-state index in [1.165, 1.54) is 24.2 Å². The summed E-state index contributed by atoms with van der Waals surface area (Å²) in [6, 6.07) is 7.28. The van der Waals surface area contributed by atoms with Crippen LogP contribution in [-0.4, -0.2) is 34.2 Å². The van der Waals surface area contributed by atoms with E-state index in [0.29, 0.717) is 17.3 Å². The van der Waals surface area contributed by atoms with Gasteiger partial charge in [-0.2, -0.15) is 0 Å². The van der Waals surface area contributed by atoms with Crippen LogP contribution in [0.25, 0.3) is 5.70 Å². The largest absolute Gasteiger partial charge is 0.441 e. The van der Waals surface area contributed by atoms with Crippen LogP contribution in [0.5, 0.6) is 0 Å². The lowest BCUT2D eigenvalue weighted by atomic mass is 10.2. The number of aromatic nitrogens is 2. The number of rotatable bonds is 9. The molecule has 168 valence electrons. The van der Waals surface area contributed by atoms with Gasteiger partial charge in [0.1, 0.15) is 17.0 Å². The summed E-state index contributed by atoms with van der Waals surface area (Å²) in [5, 5.41) is 3.99. The molecule has 1 atom stereocenters. The van der Waals surface area contributed by atoms with Gasteiger partial charge in [0.2, 0.25) is 0 Å². The normalized spacial score (nSPS) is 12.7. The second-order valence-electron chi connectivity index (χ2n) is 6.84. The number of alkyl carbamates (subject to hydrolysis) is 1. The third-order valence-corrected chi connectivity index (χ3v) is 5.08. The molecular formula is C19H27ClN8O2S. The summed E-state index contributed by atoms with van der Waals surface area (Å²) in [5.41, 5.74) is 8.17. The Morgan fingerprint density at radius 1 is 1.26 bits per heavy atom. The molecule has 2 heterocycles. The standard InChI is InChI=1S/C19H27ClN8O2S/c1-11(2)26-31-27-13-7-8-15(24-10-13)16(21)18(28(4)22)25-19(29)30-12(3)14-6-5-9-23-17(14)20/h5-12,26-27H,21-22H2,1-4H3,(H,25,29)/b18-16-. The monoisotopic (exact) mass is 466 g/mol. The molecule has 2 rings (SSSR count). The highest BCUT2D eigenvalue weighted by Crippen LogP contribution is 2.23. The van der Waals surface area contributed by atoms with Crippen LogP contribution < -0.4 is 26.3 Å². The number of hydrazine groups is 1. The number of carbonyl (C=O) groups is 1. The van der Waals surface area contributed by atoms with Crippen molar-refractivity contribution in [2.24, 2.45) is 11.6 Å². The number of anilines is 1. The van der Waals surface area contributed by atoms with Crippen molar-refractivity contribution in [1.82, 2.24) is 25.0 Å². The highest BCUT2D eigenvalue weighted by Gasteiger charge is 2.19. The molecular weight excluding hydrogens is 440 g/mol. The summed E-state index contributed by atoms with van der Waals surface area (Å²) in [5.74, 6) is 5.99. The first-order valence-electron chi connectivity index (χ1n) is 9.39. The molecule has 0 aliphatic rings. The Labute approximate surface area is 191 Å². The van der Waals surface area contributed by atoms with E-state index in [2.05, 4.69) is 24.7 Å². The van der Waals surface area contributed by atoms with E-state index in [1.807, 2.05) is 19.9 Å². The quantitative estimate of drug-likeness (QED) is 0.162. The number of carbonyl (C=O) groups excluding carboxylic acids is 1. The zero-order valence-corrected chi connectivity index (χ0v) is 19.3. The maximum atomic E-state index is 12.4. The van der Waals surface area contributed by atoms with Crippen molar-refractivity contribution in [3.8, 4) is 0 Å². The van der Waals surface area contributed by atoms with E-state index < -0.39 is 12.2 Å². The maximum Gasteiger partial charge on any atom is 0.413 e. The van der Waals surface area contributed by atoms with E-state index in [9.17, 15) is 4.79 Å². The summed E-state index contributed by atoms with van der Waals surface area (Å²) in [6.45, 7) is 5.76. The third kappa shape index (κ3) is 7.47. The Bertz CT molecular complexity index is 908. The second kappa shape index (κ2) is 11.6. The van der Waals surface area contributed by atoms with Gasteiger partial charge in [0.15, 0.2) is 5.82 Å². The number of ether oxygens (including phenoxy) is 1. The molecule has 0 spiro atoms. The molecule has 0 bridgehead atoms. The van der Waals surface area contributed by atoms with Gasteiger partial charge in [-0.3, -0.25) is 15.3 Å². The fraction of sp³-hybridized carbons (Fsp3) is 0.316. The Morgan fingerprint density at radius 2 is 2.00 bits per heavy atom. The Morgan fingerprint density at radius 3 is 2.58 bits per heavy atom. The molecule has 1 amide bonds. The molecule has 0 saturated heterocycles. The summed E-state index contributed by atoms with van der Waals surface area (Å²) in [4.78, 5) is 20.7. The molecule has 0 fully saturated rings. The number of nitrogens with two attached hydrogens (primary N) is 2. The molecule has 1 unspecified atom stereocenters. The molecule has 0 radical (unpaired) electrons. The van der Waals surface area contributed by atoms with Crippen molar-refractivity contribution in [2.45, 2.75) is 32.9 Å². The van der Waals surface area contributed by atoms with Gasteiger partial charge < -0.3 is 15.2 Å². The van der Waals surface area contributed by atoms with Crippen molar-refractivity contribution < 1.29 is 9.53 Å². The van der Waals surface area contributed by atoms with Crippen LogP contribution in [0.15, 0.2) is 42.5 Å². The van der Waals surface area contributed by atoms with Crippen LogP contribution in [-0.2, 0) is 4.74 Å². The summed E-state index contributed by atoms with van der Waals surface area (Å²) < 4.78 is 11.7. The van der Waals surface area contributed by atoms with E-state index >= 15 is 0 Å². The number of hydrogen-bond acceptors (Lipinski definition) is 10. The predicted molar refractivity (Wildman–Crippen MR) is 124 cm³/mol. The summed E-state index contributed by atoms with van der Waals surface area (Å²) in [7, 11) is 1.54. The smallest absolute Gasteiger partial charge is 0.413 e. The number of hydrogen-bond donors (Lipinski definition) is 5. The molecule has 2 aromatic heterocycles. The minimum Gasteiger partial charge on any atom is -0.441 e. The lowest BCUT2D eigenvalue weighted by Gasteiger charge is -2.21. The Kier molecular flexibility index (Phi) is 9.19. The SMILES string of the molecule is CC(C)NSNc1ccc(/C(N)=C(\NC(=O)OC(C)c2cccnc2Cl)N(C)N)nc1. The van der Waals surface area contributed by atoms with Gasteiger partial charge in [0.25, 0.3) is 0 Å². The van der Waals surface area contributed by atoms with Gasteiger partial charge in [-0.1, -0.05) is 17.7 Å². The molecule has 31 heavy (non-hydrogen) atoms. The van der Waals surface area contributed by atoms with E-state index in [-0.39, 0.29) is 16.7 Å². The zero-order chi connectivity index (χ0) is 23.0. The molecule has 0 saturated carbocycles. The average Bonchev–Trinajstić information content (AvgIpc) is 2.72. The van der Waals surface area contributed by atoms with Crippen LogP contribution in [0.2, 0.25) is 5.15 Å². The van der Waals surface area contributed by atoms with E-state index in [0.717, 1.165) is 5.69 Å². The first kappa shape index (κ1) is 24.5. The number of halogens is 1. The Balaban J connectivity index is 2.09. The minimum atomic E-state index is -0.753. The van der Waals surface area contributed by atoms with Crippen LogP contribution in [0.4, 0.5) is 10.5 Å². The first-order chi connectivity index (χ1) is 14.7. The van der Waals surface area contributed by atoms with Gasteiger partial charge in [0.05, 0.1) is 17.6 Å². The average molecular weight is 467 g/mol. The highest BCUT2D eigenvalue weighted by molar-refractivity contribution is 7.98. The van der Waals surface area contributed by atoms with E-state index in [1.54, 1.807) is 37.5 Å². The van der Waals surface area contributed by atoms with E-state index in [4.69, 9.17) is 27.9 Å². The van der Waals surface area contributed by atoms with Crippen molar-refractivity contribution >= 4 is 41.2 Å². The molecule has 0 aromatic carbocycles. The molecule has 2 aromatic rings.